The Kier molecular flexibility index (Phi) is 6.79. The quantitative estimate of drug-likeness (QED) is 0.375. The maximum atomic E-state index is 13.2. The van der Waals surface area contributed by atoms with Crippen molar-refractivity contribution in [3.8, 4) is 0 Å². The number of nitro benzene ring substituents is 1. The Balaban J connectivity index is 1.95. The standard InChI is InChI=1S/C20H21ClN4O3S/c1-3-23(4-2)12-13-24(19(26)14-8-10-15(11-9-14)25(27)28)20-22-18-16(21)6-5-7-17(18)29-20/h5-11H,3-4,12-13H2,1-2H3. The molecule has 152 valence electrons. The van der Waals surface area contributed by atoms with Crippen molar-refractivity contribution in [2.24, 2.45) is 0 Å². The molecule has 0 aliphatic heterocycles. The summed E-state index contributed by atoms with van der Waals surface area (Å²) in [6, 6.07) is 11.2. The van der Waals surface area contributed by atoms with Crippen molar-refractivity contribution < 1.29 is 9.72 Å². The number of carbonyl (C=O) groups is 1. The summed E-state index contributed by atoms with van der Waals surface area (Å²) in [7, 11) is 0. The first-order valence-corrected chi connectivity index (χ1v) is 10.5. The van der Waals surface area contributed by atoms with Crippen LogP contribution in [0, 0.1) is 10.1 Å². The van der Waals surface area contributed by atoms with Crippen LogP contribution in [0.3, 0.4) is 0 Å². The molecule has 9 heteroatoms. The molecule has 0 N–H and O–H groups in total. The molecule has 3 aromatic rings. The van der Waals surface area contributed by atoms with Gasteiger partial charge in [-0.15, -0.1) is 0 Å². The van der Waals surface area contributed by atoms with Crippen LogP contribution in [0.1, 0.15) is 24.2 Å². The Hall–Kier alpha value is -2.55. The lowest BCUT2D eigenvalue weighted by atomic mass is 10.2. The SMILES string of the molecule is CCN(CC)CCN(C(=O)c1ccc([N+](=O)[O-])cc1)c1nc2c(Cl)cccc2s1. The van der Waals surface area contributed by atoms with E-state index in [1.54, 1.807) is 11.0 Å². The van der Waals surface area contributed by atoms with Gasteiger partial charge in [0.2, 0.25) is 0 Å². The number of non-ortho nitro benzene ring substituents is 1. The van der Waals surface area contributed by atoms with E-state index in [1.165, 1.54) is 35.6 Å². The van der Waals surface area contributed by atoms with E-state index < -0.39 is 4.92 Å². The van der Waals surface area contributed by atoms with E-state index in [9.17, 15) is 14.9 Å². The van der Waals surface area contributed by atoms with Crippen LogP contribution < -0.4 is 4.90 Å². The molecule has 2 aromatic carbocycles. The number of likely N-dealkylation sites (N-methyl/N-ethyl adjacent to an activating group) is 1. The highest BCUT2D eigenvalue weighted by atomic mass is 35.5. The predicted octanol–water partition coefficient (Wildman–Crippen LogP) is 4.85. The zero-order valence-corrected chi connectivity index (χ0v) is 17.7. The van der Waals surface area contributed by atoms with Crippen LogP contribution in [-0.4, -0.2) is 46.9 Å². The first-order valence-electron chi connectivity index (χ1n) is 9.28. The fraction of sp³-hybridized carbons (Fsp3) is 0.300. The van der Waals surface area contributed by atoms with E-state index >= 15 is 0 Å². The zero-order chi connectivity index (χ0) is 21.0. The van der Waals surface area contributed by atoms with Gasteiger partial charge < -0.3 is 4.90 Å². The lowest BCUT2D eigenvalue weighted by Crippen LogP contribution is -2.38. The number of amides is 1. The molecule has 0 aliphatic carbocycles. The van der Waals surface area contributed by atoms with Crippen LogP contribution in [0.5, 0.6) is 0 Å². The van der Waals surface area contributed by atoms with Gasteiger partial charge in [0, 0.05) is 30.8 Å². The molecule has 0 fully saturated rings. The number of fused-ring (bicyclic) bond motifs is 1. The summed E-state index contributed by atoms with van der Waals surface area (Å²) in [5.41, 5.74) is 0.988. The number of benzene rings is 2. The molecule has 0 aliphatic rings. The van der Waals surface area contributed by atoms with Gasteiger partial charge >= 0.3 is 0 Å². The summed E-state index contributed by atoms with van der Waals surface area (Å²) in [5, 5.41) is 12.0. The Morgan fingerprint density at radius 3 is 2.41 bits per heavy atom. The number of thiazole rings is 1. The predicted molar refractivity (Wildman–Crippen MR) is 117 cm³/mol. The molecule has 0 bridgehead atoms. The number of anilines is 1. The summed E-state index contributed by atoms with van der Waals surface area (Å²) in [6.07, 6.45) is 0. The second-order valence-corrected chi connectivity index (χ2v) is 7.79. The number of para-hydroxylation sites is 1. The van der Waals surface area contributed by atoms with Crippen LogP contribution in [-0.2, 0) is 0 Å². The molecule has 1 aromatic heterocycles. The van der Waals surface area contributed by atoms with Crippen molar-refractivity contribution in [2.45, 2.75) is 13.8 Å². The topological polar surface area (TPSA) is 79.6 Å². The van der Waals surface area contributed by atoms with E-state index in [-0.39, 0.29) is 11.6 Å². The summed E-state index contributed by atoms with van der Waals surface area (Å²) >= 11 is 7.66. The Bertz CT molecular complexity index is 1020. The highest BCUT2D eigenvalue weighted by Crippen LogP contribution is 2.33. The molecule has 0 unspecified atom stereocenters. The second-order valence-electron chi connectivity index (χ2n) is 6.37. The van der Waals surface area contributed by atoms with Crippen LogP contribution in [0.25, 0.3) is 10.2 Å². The zero-order valence-electron chi connectivity index (χ0n) is 16.2. The first-order chi connectivity index (χ1) is 13.9. The second kappa shape index (κ2) is 9.30. The summed E-state index contributed by atoms with van der Waals surface area (Å²) in [6.45, 7) is 7.04. The number of rotatable bonds is 8. The normalized spacial score (nSPS) is 11.2. The summed E-state index contributed by atoms with van der Waals surface area (Å²) in [5.74, 6) is -0.248. The third-order valence-corrected chi connectivity index (χ3v) is 6.04. The number of aromatic nitrogens is 1. The number of nitrogens with zero attached hydrogens (tertiary/aromatic N) is 4. The molecule has 0 saturated heterocycles. The van der Waals surface area contributed by atoms with E-state index in [4.69, 9.17) is 11.6 Å². The summed E-state index contributed by atoms with van der Waals surface area (Å²) < 4.78 is 0.900. The fourth-order valence-electron chi connectivity index (χ4n) is 2.97. The number of hydrogen-bond acceptors (Lipinski definition) is 6. The molecule has 1 amide bonds. The average Bonchev–Trinajstić information content (AvgIpc) is 3.16. The monoisotopic (exact) mass is 432 g/mol. The average molecular weight is 433 g/mol. The number of halogens is 1. The Morgan fingerprint density at radius 1 is 1.14 bits per heavy atom. The van der Waals surface area contributed by atoms with Gasteiger partial charge in [0.25, 0.3) is 11.6 Å². The van der Waals surface area contributed by atoms with Crippen LogP contribution in [0.2, 0.25) is 5.02 Å². The minimum absolute atomic E-state index is 0.0528. The van der Waals surface area contributed by atoms with Crippen LogP contribution >= 0.6 is 22.9 Å². The van der Waals surface area contributed by atoms with E-state index in [2.05, 4.69) is 23.7 Å². The van der Waals surface area contributed by atoms with Gasteiger partial charge in [-0.05, 0) is 37.4 Å². The van der Waals surface area contributed by atoms with E-state index in [1.807, 2.05) is 12.1 Å². The number of carbonyl (C=O) groups excluding carboxylic acids is 1. The minimum Gasteiger partial charge on any atom is -0.302 e. The Morgan fingerprint density at radius 2 is 1.83 bits per heavy atom. The molecule has 0 atom stereocenters. The smallest absolute Gasteiger partial charge is 0.269 e. The van der Waals surface area contributed by atoms with Gasteiger partial charge in [0.15, 0.2) is 5.13 Å². The molecule has 29 heavy (non-hydrogen) atoms. The first kappa shape index (κ1) is 21.2. The molecular weight excluding hydrogens is 412 g/mol. The van der Waals surface area contributed by atoms with Crippen molar-refractivity contribution >= 4 is 49.9 Å². The highest BCUT2D eigenvalue weighted by Gasteiger charge is 2.23. The van der Waals surface area contributed by atoms with Gasteiger partial charge in [0.05, 0.1) is 14.6 Å². The van der Waals surface area contributed by atoms with Gasteiger partial charge in [-0.1, -0.05) is 42.9 Å². The maximum absolute atomic E-state index is 13.2. The lowest BCUT2D eigenvalue weighted by molar-refractivity contribution is -0.384. The van der Waals surface area contributed by atoms with Gasteiger partial charge in [0.1, 0.15) is 5.52 Å². The fourth-order valence-corrected chi connectivity index (χ4v) is 4.26. The maximum Gasteiger partial charge on any atom is 0.269 e. The molecular formula is C20H21ClN4O3S. The highest BCUT2D eigenvalue weighted by molar-refractivity contribution is 7.22. The van der Waals surface area contributed by atoms with Crippen molar-refractivity contribution in [1.29, 1.82) is 0 Å². The molecule has 3 rings (SSSR count). The van der Waals surface area contributed by atoms with Gasteiger partial charge in [-0.3, -0.25) is 19.8 Å². The molecule has 0 radical (unpaired) electrons. The lowest BCUT2D eigenvalue weighted by Gasteiger charge is -2.24. The molecule has 1 heterocycles. The molecule has 0 saturated carbocycles. The Labute approximate surface area is 177 Å². The number of hydrogen-bond donors (Lipinski definition) is 0. The van der Waals surface area contributed by atoms with Gasteiger partial charge in [-0.25, -0.2) is 4.98 Å². The van der Waals surface area contributed by atoms with E-state index in [0.29, 0.717) is 34.3 Å². The summed E-state index contributed by atoms with van der Waals surface area (Å²) in [4.78, 5) is 32.1. The van der Waals surface area contributed by atoms with Crippen molar-refractivity contribution in [1.82, 2.24) is 9.88 Å². The largest absolute Gasteiger partial charge is 0.302 e. The minimum atomic E-state index is -0.484. The van der Waals surface area contributed by atoms with Crippen LogP contribution in [0.4, 0.5) is 10.8 Å². The van der Waals surface area contributed by atoms with Crippen molar-refractivity contribution in [2.75, 3.05) is 31.1 Å². The third kappa shape index (κ3) is 4.72. The molecule has 7 nitrogen and oxygen atoms in total. The van der Waals surface area contributed by atoms with Crippen molar-refractivity contribution in [3.05, 3.63) is 63.2 Å². The van der Waals surface area contributed by atoms with E-state index in [0.717, 1.165) is 17.8 Å². The third-order valence-electron chi connectivity index (χ3n) is 4.69. The van der Waals surface area contributed by atoms with Crippen molar-refractivity contribution in [3.63, 3.8) is 0 Å². The van der Waals surface area contributed by atoms with Gasteiger partial charge in [-0.2, -0.15) is 0 Å². The molecule has 0 spiro atoms. The number of nitro groups is 1. The van der Waals surface area contributed by atoms with Crippen LogP contribution in [0.15, 0.2) is 42.5 Å².